The van der Waals surface area contributed by atoms with E-state index < -0.39 is 16.9 Å². The molecule has 1 aromatic heterocycles. The van der Waals surface area contributed by atoms with Crippen molar-refractivity contribution >= 4 is 28.0 Å². The van der Waals surface area contributed by atoms with Crippen molar-refractivity contribution in [2.45, 2.75) is 17.9 Å². The number of aliphatic hydroxyl groups excluding tert-OH is 1. The van der Waals surface area contributed by atoms with Gasteiger partial charge in [0, 0.05) is 12.3 Å². The van der Waals surface area contributed by atoms with Crippen LogP contribution >= 0.6 is 11.3 Å². The van der Waals surface area contributed by atoms with Gasteiger partial charge in [0.25, 0.3) is 5.91 Å². The van der Waals surface area contributed by atoms with E-state index in [2.05, 4.69) is 5.32 Å². The van der Waals surface area contributed by atoms with Gasteiger partial charge in [0.15, 0.2) is 0 Å². The van der Waals surface area contributed by atoms with E-state index in [1.807, 2.05) is 23.8 Å². The standard InChI is InChI=1S/C15H17NO3S2/c1-2-21(19)14-6-4-3-5-12(14)15(18)16-9-13(17)11-7-8-20-10-11/h3-8,10,13,17H,2,9H2,1H3,(H,16,18). The van der Waals surface area contributed by atoms with Crippen LogP contribution in [-0.2, 0) is 10.8 Å². The van der Waals surface area contributed by atoms with Gasteiger partial charge in [-0.1, -0.05) is 19.1 Å². The van der Waals surface area contributed by atoms with Crippen molar-refractivity contribution in [3.8, 4) is 0 Å². The van der Waals surface area contributed by atoms with Crippen molar-refractivity contribution < 1.29 is 14.1 Å². The normalized spacial score (nSPS) is 13.6. The summed E-state index contributed by atoms with van der Waals surface area (Å²) >= 11 is 1.49. The maximum absolute atomic E-state index is 12.2. The predicted octanol–water partition coefficient (Wildman–Crippen LogP) is 2.34. The van der Waals surface area contributed by atoms with E-state index in [4.69, 9.17) is 0 Å². The number of amides is 1. The molecule has 2 rings (SSSR count). The van der Waals surface area contributed by atoms with Crippen molar-refractivity contribution in [3.05, 3.63) is 52.2 Å². The van der Waals surface area contributed by atoms with Crippen LogP contribution in [0.15, 0.2) is 46.0 Å². The Bertz CT molecular complexity index is 626. The molecule has 1 amide bonds. The summed E-state index contributed by atoms with van der Waals surface area (Å²) in [6, 6.07) is 8.67. The fraction of sp³-hybridized carbons (Fsp3) is 0.267. The number of thiophene rings is 1. The number of benzene rings is 1. The molecule has 0 aliphatic rings. The van der Waals surface area contributed by atoms with Gasteiger partial charge in [-0.25, -0.2) is 0 Å². The fourth-order valence-corrected chi connectivity index (χ4v) is 3.53. The van der Waals surface area contributed by atoms with E-state index in [1.165, 1.54) is 11.3 Å². The molecule has 0 bridgehead atoms. The van der Waals surface area contributed by atoms with E-state index in [-0.39, 0.29) is 12.5 Å². The average molecular weight is 323 g/mol. The second-order valence-electron chi connectivity index (χ2n) is 4.41. The lowest BCUT2D eigenvalue weighted by Crippen LogP contribution is -2.29. The molecule has 0 aliphatic heterocycles. The summed E-state index contributed by atoms with van der Waals surface area (Å²) in [5.74, 6) is 0.142. The van der Waals surface area contributed by atoms with Crippen LogP contribution in [0.5, 0.6) is 0 Å². The molecule has 2 aromatic rings. The van der Waals surface area contributed by atoms with Gasteiger partial charge in [0.05, 0.1) is 27.4 Å². The predicted molar refractivity (Wildman–Crippen MR) is 85.0 cm³/mol. The molecule has 21 heavy (non-hydrogen) atoms. The highest BCUT2D eigenvalue weighted by Crippen LogP contribution is 2.17. The molecule has 0 fully saturated rings. The van der Waals surface area contributed by atoms with Gasteiger partial charge in [-0.2, -0.15) is 11.3 Å². The van der Waals surface area contributed by atoms with Crippen LogP contribution in [0.1, 0.15) is 28.9 Å². The topological polar surface area (TPSA) is 66.4 Å². The highest BCUT2D eigenvalue weighted by molar-refractivity contribution is 7.85. The molecule has 2 N–H and O–H groups in total. The summed E-state index contributed by atoms with van der Waals surface area (Å²) in [4.78, 5) is 12.7. The van der Waals surface area contributed by atoms with Crippen LogP contribution in [0.25, 0.3) is 0 Å². The first-order valence-corrected chi connectivity index (χ1v) is 8.85. The number of carbonyl (C=O) groups is 1. The SMILES string of the molecule is CCS(=O)c1ccccc1C(=O)NCC(O)c1ccsc1. The van der Waals surface area contributed by atoms with Gasteiger partial charge < -0.3 is 10.4 Å². The number of rotatable bonds is 6. The number of carbonyl (C=O) groups excluding carboxylic acids is 1. The van der Waals surface area contributed by atoms with Crippen LogP contribution in [0.3, 0.4) is 0 Å². The van der Waals surface area contributed by atoms with Crippen LogP contribution in [0.2, 0.25) is 0 Å². The largest absolute Gasteiger partial charge is 0.387 e. The van der Waals surface area contributed by atoms with Crippen LogP contribution < -0.4 is 5.32 Å². The van der Waals surface area contributed by atoms with Gasteiger partial charge in [0.2, 0.25) is 0 Å². The molecule has 0 radical (unpaired) electrons. The Morgan fingerprint density at radius 2 is 2.14 bits per heavy atom. The van der Waals surface area contributed by atoms with Gasteiger partial charge in [0.1, 0.15) is 0 Å². The smallest absolute Gasteiger partial charge is 0.252 e. The minimum Gasteiger partial charge on any atom is -0.387 e. The molecular weight excluding hydrogens is 306 g/mol. The van der Waals surface area contributed by atoms with E-state index in [1.54, 1.807) is 24.3 Å². The maximum atomic E-state index is 12.2. The highest BCUT2D eigenvalue weighted by Gasteiger charge is 2.16. The number of aliphatic hydroxyl groups is 1. The van der Waals surface area contributed by atoms with Gasteiger partial charge in [-0.3, -0.25) is 9.00 Å². The Hall–Kier alpha value is -1.50. The Morgan fingerprint density at radius 3 is 2.81 bits per heavy atom. The molecule has 2 atom stereocenters. The molecule has 0 spiro atoms. The minimum atomic E-state index is -1.19. The fourth-order valence-electron chi connectivity index (χ4n) is 1.88. The van der Waals surface area contributed by atoms with Crippen molar-refractivity contribution in [1.29, 1.82) is 0 Å². The molecular formula is C15H17NO3S2. The first-order valence-electron chi connectivity index (χ1n) is 6.59. The molecule has 1 heterocycles. The first kappa shape index (κ1) is 15.9. The van der Waals surface area contributed by atoms with E-state index in [0.29, 0.717) is 16.2 Å². The lowest BCUT2D eigenvalue weighted by Gasteiger charge is -2.12. The first-order chi connectivity index (χ1) is 10.1. The van der Waals surface area contributed by atoms with Gasteiger partial charge >= 0.3 is 0 Å². The Kier molecular flexibility index (Phi) is 5.67. The Balaban J connectivity index is 2.05. The number of hydrogen-bond acceptors (Lipinski definition) is 4. The van der Waals surface area contributed by atoms with Crippen molar-refractivity contribution in [3.63, 3.8) is 0 Å². The molecule has 0 aliphatic carbocycles. The Labute approximate surface area is 130 Å². The van der Waals surface area contributed by atoms with Crippen LogP contribution in [-0.4, -0.2) is 27.5 Å². The summed E-state index contributed by atoms with van der Waals surface area (Å²) < 4.78 is 11.9. The number of nitrogens with one attached hydrogen (secondary N) is 1. The second-order valence-corrected chi connectivity index (χ2v) is 6.90. The molecule has 112 valence electrons. The van der Waals surface area contributed by atoms with Crippen molar-refractivity contribution in [1.82, 2.24) is 5.32 Å². The summed E-state index contributed by atoms with van der Waals surface area (Å²) in [6.07, 6.45) is -0.732. The van der Waals surface area contributed by atoms with E-state index in [0.717, 1.165) is 5.56 Å². The lowest BCUT2D eigenvalue weighted by atomic mass is 10.2. The third-order valence-corrected chi connectivity index (χ3v) is 5.10. The van der Waals surface area contributed by atoms with E-state index in [9.17, 15) is 14.1 Å². The summed E-state index contributed by atoms with van der Waals surface area (Å²) in [5, 5.41) is 16.4. The zero-order valence-electron chi connectivity index (χ0n) is 11.6. The van der Waals surface area contributed by atoms with Gasteiger partial charge in [-0.05, 0) is 34.5 Å². The molecule has 4 nitrogen and oxygen atoms in total. The van der Waals surface area contributed by atoms with Gasteiger partial charge in [-0.15, -0.1) is 0 Å². The van der Waals surface area contributed by atoms with Crippen LogP contribution in [0, 0.1) is 0 Å². The quantitative estimate of drug-likeness (QED) is 0.857. The minimum absolute atomic E-state index is 0.128. The summed E-state index contributed by atoms with van der Waals surface area (Å²) in [6.45, 7) is 1.94. The van der Waals surface area contributed by atoms with Crippen LogP contribution in [0.4, 0.5) is 0 Å². The molecule has 1 aromatic carbocycles. The average Bonchev–Trinajstić information content (AvgIpc) is 3.06. The summed E-state index contributed by atoms with van der Waals surface area (Å²) in [5.41, 5.74) is 1.18. The lowest BCUT2D eigenvalue weighted by molar-refractivity contribution is 0.0913. The molecule has 0 saturated heterocycles. The third kappa shape index (κ3) is 4.00. The third-order valence-electron chi connectivity index (χ3n) is 3.02. The zero-order chi connectivity index (χ0) is 15.2. The summed E-state index contributed by atoms with van der Waals surface area (Å²) in [7, 11) is -1.19. The van der Waals surface area contributed by atoms with E-state index >= 15 is 0 Å². The maximum Gasteiger partial charge on any atom is 0.252 e. The molecule has 0 saturated carbocycles. The second kappa shape index (κ2) is 7.49. The monoisotopic (exact) mass is 323 g/mol. The zero-order valence-corrected chi connectivity index (χ0v) is 13.2. The number of hydrogen-bond donors (Lipinski definition) is 2. The highest BCUT2D eigenvalue weighted by atomic mass is 32.2. The van der Waals surface area contributed by atoms with Crippen molar-refractivity contribution in [2.75, 3.05) is 12.3 Å². The molecule has 2 unspecified atom stereocenters. The molecule has 6 heteroatoms. The Morgan fingerprint density at radius 1 is 1.38 bits per heavy atom. The van der Waals surface area contributed by atoms with Crippen molar-refractivity contribution in [2.24, 2.45) is 0 Å².